The maximum absolute atomic E-state index is 14.7. The van der Waals surface area contributed by atoms with Crippen molar-refractivity contribution in [2.45, 2.75) is 32.4 Å². The summed E-state index contributed by atoms with van der Waals surface area (Å²) >= 11 is 0. The molecule has 1 saturated heterocycles. The molecule has 0 aliphatic carbocycles. The highest BCUT2D eigenvalue weighted by atomic mass is 19.1. The molecule has 0 unspecified atom stereocenters. The van der Waals surface area contributed by atoms with Gasteiger partial charge in [-0.2, -0.15) is 0 Å². The third-order valence-corrected chi connectivity index (χ3v) is 5.81. The molecule has 0 bridgehead atoms. The molecule has 3 heterocycles. The molecule has 1 aliphatic heterocycles. The van der Waals surface area contributed by atoms with Crippen molar-refractivity contribution in [2.75, 3.05) is 11.4 Å². The van der Waals surface area contributed by atoms with Crippen molar-refractivity contribution in [1.82, 2.24) is 15.1 Å². The minimum absolute atomic E-state index is 0.00847. The second-order valence-electron chi connectivity index (χ2n) is 8.24. The van der Waals surface area contributed by atoms with Crippen LogP contribution in [0.15, 0.2) is 58.4 Å². The van der Waals surface area contributed by atoms with Gasteiger partial charge in [-0.15, -0.1) is 0 Å². The van der Waals surface area contributed by atoms with E-state index in [4.69, 9.17) is 10.3 Å². The molecular weight excluding hydrogens is 458 g/mol. The molecule has 9 nitrogen and oxygen atoms in total. The zero-order valence-electron chi connectivity index (χ0n) is 18.9. The molecule has 0 amide bonds. The van der Waals surface area contributed by atoms with Crippen LogP contribution in [-0.4, -0.2) is 44.5 Å². The lowest BCUT2D eigenvalue weighted by atomic mass is 9.91. The first-order valence-electron chi connectivity index (χ1n) is 11.0. The Kier molecular flexibility index (Phi) is 7.14. The first-order valence-corrected chi connectivity index (χ1v) is 11.0. The fourth-order valence-electron chi connectivity index (χ4n) is 4.05. The normalized spacial score (nSPS) is 19.1. The van der Waals surface area contributed by atoms with E-state index in [1.54, 1.807) is 24.3 Å². The van der Waals surface area contributed by atoms with E-state index in [0.29, 0.717) is 30.6 Å². The number of rotatable bonds is 7. The summed E-state index contributed by atoms with van der Waals surface area (Å²) in [6, 6.07) is 6.88. The van der Waals surface area contributed by atoms with Crippen molar-refractivity contribution in [2.24, 2.45) is 16.6 Å². The van der Waals surface area contributed by atoms with Gasteiger partial charge in [-0.1, -0.05) is 30.3 Å². The Balaban J connectivity index is 1.68. The summed E-state index contributed by atoms with van der Waals surface area (Å²) in [6.45, 7) is 2.17. The van der Waals surface area contributed by atoms with E-state index in [0.717, 1.165) is 6.20 Å². The fraction of sp³-hybridized carbons (Fsp3) is 0.292. The molecular formula is C24H24F2N6O3. The summed E-state index contributed by atoms with van der Waals surface area (Å²) < 4.78 is 33.7. The van der Waals surface area contributed by atoms with Crippen molar-refractivity contribution in [3.8, 4) is 0 Å². The average molecular weight is 482 g/mol. The predicted molar refractivity (Wildman–Crippen MR) is 124 cm³/mol. The minimum atomic E-state index is -1.05. The minimum Gasteiger partial charge on any atom is -0.480 e. The zero-order valence-corrected chi connectivity index (χ0v) is 18.9. The third-order valence-electron chi connectivity index (χ3n) is 5.81. The molecule has 35 heavy (non-hydrogen) atoms. The summed E-state index contributed by atoms with van der Waals surface area (Å²) in [4.78, 5) is 26.0. The van der Waals surface area contributed by atoms with Gasteiger partial charge in [-0.3, -0.25) is 4.99 Å². The number of allylic oxidation sites excluding steroid dienone is 1. The lowest BCUT2D eigenvalue weighted by molar-refractivity contribution is -0.140. The van der Waals surface area contributed by atoms with Crippen LogP contribution in [0.2, 0.25) is 0 Å². The van der Waals surface area contributed by atoms with Crippen LogP contribution in [0.25, 0.3) is 5.70 Å². The number of hydrogen-bond acceptors (Lipinski definition) is 8. The molecule has 3 aromatic rings. The van der Waals surface area contributed by atoms with Gasteiger partial charge < -0.3 is 20.3 Å². The van der Waals surface area contributed by atoms with Crippen LogP contribution in [0.5, 0.6) is 0 Å². The highest BCUT2D eigenvalue weighted by Crippen LogP contribution is 2.29. The highest BCUT2D eigenvalue weighted by Gasteiger charge is 2.36. The standard InChI is InChI=1S/C24H24F2N6O3/c1-14-5-4-9-32(21(14)24(33)34)23-17(26)13-29-22(30-23)18(27)11-20(19-8-10-35-31-19)28-12-15-6-2-3-7-16(15)25/h2-3,6-8,10-11,13-14,21H,4-5,9,12,27H2,1H3,(H,33,34)/b18-11-,28-20?/t14-,21+/m0/s1. The van der Waals surface area contributed by atoms with Crippen LogP contribution in [0, 0.1) is 17.6 Å². The van der Waals surface area contributed by atoms with Gasteiger partial charge >= 0.3 is 5.97 Å². The largest absolute Gasteiger partial charge is 0.480 e. The first-order chi connectivity index (χ1) is 16.8. The highest BCUT2D eigenvalue weighted by molar-refractivity contribution is 6.10. The van der Waals surface area contributed by atoms with Gasteiger partial charge in [-0.25, -0.2) is 23.5 Å². The second kappa shape index (κ2) is 10.4. The number of benzene rings is 1. The molecule has 2 aromatic heterocycles. The van der Waals surface area contributed by atoms with E-state index in [1.807, 2.05) is 6.92 Å². The summed E-state index contributed by atoms with van der Waals surface area (Å²) in [5.41, 5.74) is 7.28. The van der Waals surface area contributed by atoms with Crippen LogP contribution in [0.1, 0.15) is 36.8 Å². The molecule has 3 N–H and O–H groups in total. The van der Waals surface area contributed by atoms with Crippen molar-refractivity contribution in [1.29, 1.82) is 0 Å². The molecule has 0 saturated carbocycles. The fourth-order valence-corrected chi connectivity index (χ4v) is 4.05. The van der Waals surface area contributed by atoms with Crippen LogP contribution < -0.4 is 10.6 Å². The van der Waals surface area contributed by atoms with Gasteiger partial charge in [0, 0.05) is 18.2 Å². The summed E-state index contributed by atoms with van der Waals surface area (Å²) in [6.07, 6.45) is 5.17. The Morgan fingerprint density at radius 1 is 1.31 bits per heavy atom. The summed E-state index contributed by atoms with van der Waals surface area (Å²) in [5.74, 6) is -2.51. The van der Waals surface area contributed by atoms with Crippen LogP contribution in [0.3, 0.4) is 0 Å². The number of halogens is 2. The van der Waals surface area contributed by atoms with Crippen molar-refractivity contribution in [3.63, 3.8) is 0 Å². The smallest absolute Gasteiger partial charge is 0.326 e. The second-order valence-corrected chi connectivity index (χ2v) is 8.24. The van der Waals surface area contributed by atoms with E-state index in [9.17, 15) is 18.7 Å². The predicted octanol–water partition coefficient (Wildman–Crippen LogP) is 3.42. The number of carboxylic acids is 1. The zero-order chi connectivity index (χ0) is 24.9. The van der Waals surface area contributed by atoms with Gasteiger partial charge in [0.2, 0.25) is 0 Å². The molecule has 1 fully saturated rings. The number of piperidine rings is 1. The number of carboxylic acid groups (broad SMARTS) is 1. The molecule has 182 valence electrons. The van der Waals surface area contributed by atoms with Crippen molar-refractivity contribution < 1.29 is 23.2 Å². The number of aliphatic imine (C=N–C) groups is 1. The lowest BCUT2D eigenvalue weighted by Gasteiger charge is -2.38. The Labute approximate surface area is 200 Å². The molecule has 1 aromatic carbocycles. The first kappa shape index (κ1) is 24.0. The van der Waals surface area contributed by atoms with E-state index < -0.39 is 23.6 Å². The molecule has 0 spiro atoms. The third kappa shape index (κ3) is 5.34. The number of nitrogens with zero attached hydrogens (tertiary/aromatic N) is 5. The van der Waals surface area contributed by atoms with Crippen molar-refractivity contribution >= 4 is 23.2 Å². The van der Waals surface area contributed by atoms with Crippen LogP contribution >= 0.6 is 0 Å². The lowest BCUT2D eigenvalue weighted by Crippen LogP contribution is -2.50. The van der Waals surface area contributed by atoms with Gasteiger partial charge in [0.15, 0.2) is 17.5 Å². The Bertz CT molecular complexity index is 1260. The van der Waals surface area contributed by atoms with Gasteiger partial charge in [-0.05, 0) is 30.9 Å². The summed E-state index contributed by atoms with van der Waals surface area (Å²) in [7, 11) is 0. The number of hydrogen-bond donors (Lipinski definition) is 2. The average Bonchev–Trinajstić information content (AvgIpc) is 3.37. The number of nitrogens with two attached hydrogens (primary N) is 1. The molecule has 2 atom stereocenters. The van der Waals surface area contributed by atoms with Gasteiger partial charge in [0.1, 0.15) is 23.8 Å². The van der Waals surface area contributed by atoms with Crippen LogP contribution in [0.4, 0.5) is 14.6 Å². The Morgan fingerprint density at radius 2 is 2.11 bits per heavy atom. The molecule has 0 radical (unpaired) electrons. The van der Waals surface area contributed by atoms with Crippen LogP contribution in [-0.2, 0) is 11.3 Å². The quantitative estimate of drug-likeness (QED) is 0.490. The Morgan fingerprint density at radius 3 is 2.83 bits per heavy atom. The van der Waals surface area contributed by atoms with E-state index in [-0.39, 0.29) is 35.5 Å². The molecule has 4 rings (SSSR count). The number of carbonyl (C=O) groups is 1. The summed E-state index contributed by atoms with van der Waals surface area (Å²) in [5, 5.41) is 13.6. The van der Waals surface area contributed by atoms with Gasteiger partial charge in [0.05, 0.1) is 24.2 Å². The maximum Gasteiger partial charge on any atom is 0.326 e. The van der Waals surface area contributed by atoms with E-state index in [2.05, 4.69) is 20.1 Å². The van der Waals surface area contributed by atoms with Crippen molar-refractivity contribution in [3.05, 3.63) is 77.6 Å². The van der Waals surface area contributed by atoms with E-state index >= 15 is 0 Å². The molecule has 1 aliphatic rings. The Hall–Kier alpha value is -4.15. The van der Waals surface area contributed by atoms with E-state index in [1.165, 1.54) is 23.3 Å². The SMILES string of the molecule is C[C@H]1CCCN(c2nc(/C(N)=C/C(=NCc3ccccc3F)c3ccon3)ncc2F)[C@H]1C(=O)O. The topological polar surface area (TPSA) is 131 Å². The molecule has 11 heteroatoms. The monoisotopic (exact) mass is 482 g/mol. The number of anilines is 1. The van der Waals surface area contributed by atoms with Gasteiger partial charge in [0.25, 0.3) is 0 Å². The maximum atomic E-state index is 14.7. The number of aromatic nitrogens is 3. The number of aliphatic carboxylic acids is 1.